The molecule has 0 saturated carbocycles. The summed E-state index contributed by atoms with van der Waals surface area (Å²) in [5, 5.41) is 8.75. The molecule has 5 N–H and O–H groups in total. The van der Waals surface area contributed by atoms with Crippen LogP contribution in [0.4, 0.5) is 5.69 Å². The second-order valence-electron chi connectivity index (χ2n) is 3.18. The minimum absolute atomic E-state index is 0.596. The molecule has 0 amide bonds. The molecule has 0 aromatic heterocycles. The topological polar surface area (TPSA) is 89.3 Å². The monoisotopic (exact) mass is 204 g/mol. The van der Waals surface area contributed by atoms with E-state index in [1.807, 2.05) is 0 Å². The molecule has 2 atom stereocenters. The van der Waals surface area contributed by atoms with Crippen molar-refractivity contribution in [3.8, 4) is 12.3 Å². The van der Waals surface area contributed by atoms with Crippen molar-refractivity contribution in [2.75, 3.05) is 5.73 Å². The van der Waals surface area contributed by atoms with Crippen molar-refractivity contribution in [3.63, 3.8) is 0 Å². The maximum absolute atomic E-state index is 10.7. The number of carbonyl (C=O) groups is 1. The van der Waals surface area contributed by atoms with Gasteiger partial charge in [0.1, 0.15) is 6.04 Å². The summed E-state index contributed by atoms with van der Waals surface area (Å²) in [7, 11) is 0. The predicted octanol–water partition coefficient (Wildman–Crippen LogP) is 0.397. The first-order chi connectivity index (χ1) is 7.06. The van der Waals surface area contributed by atoms with Crippen molar-refractivity contribution in [1.82, 2.24) is 0 Å². The number of anilines is 1. The molecule has 0 fully saturated rings. The van der Waals surface area contributed by atoms with Crippen LogP contribution in [0.1, 0.15) is 11.5 Å². The molecule has 78 valence electrons. The van der Waals surface area contributed by atoms with E-state index in [-0.39, 0.29) is 0 Å². The highest BCUT2D eigenvalue weighted by Crippen LogP contribution is 2.19. The zero-order chi connectivity index (χ0) is 11.4. The van der Waals surface area contributed by atoms with Gasteiger partial charge >= 0.3 is 5.97 Å². The number of aliphatic carboxylic acids is 1. The molecule has 1 aromatic carbocycles. The molecule has 0 spiro atoms. The minimum atomic E-state index is -1.12. The SMILES string of the molecule is C#C[C@H](c1ccc(N)cc1)[C@H](N)C(=O)O. The Balaban J connectivity index is 2.99. The van der Waals surface area contributed by atoms with Gasteiger partial charge in [0.25, 0.3) is 0 Å². The lowest BCUT2D eigenvalue weighted by atomic mass is 9.93. The van der Waals surface area contributed by atoms with Crippen LogP contribution >= 0.6 is 0 Å². The summed E-state index contributed by atoms with van der Waals surface area (Å²) in [6.07, 6.45) is 5.26. The largest absolute Gasteiger partial charge is 0.480 e. The summed E-state index contributed by atoms with van der Waals surface area (Å²) < 4.78 is 0. The van der Waals surface area contributed by atoms with Crippen LogP contribution in [-0.4, -0.2) is 17.1 Å². The van der Waals surface area contributed by atoms with E-state index in [1.165, 1.54) is 0 Å². The maximum Gasteiger partial charge on any atom is 0.322 e. The third-order valence-corrected chi connectivity index (χ3v) is 2.12. The molecule has 0 saturated heterocycles. The van der Waals surface area contributed by atoms with Crippen LogP contribution in [-0.2, 0) is 4.79 Å². The predicted molar refractivity (Wildman–Crippen MR) is 58.0 cm³/mol. The number of carboxylic acids is 1. The van der Waals surface area contributed by atoms with E-state index in [9.17, 15) is 4.79 Å². The first kappa shape index (κ1) is 11.1. The lowest BCUT2D eigenvalue weighted by molar-refractivity contribution is -0.138. The van der Waals surface area contributed by atoms with Gasteiger partial charge in [-0.2, -0.15) is 0 Å². The van der Waals surface area contributed by atoms with Gasteiger partial charge in [0.15, 0.2) is 0 Å². The average Bonchev–Trinajstić information content (AvgIpc) is 2.21. The van der Waals surface area contributed by atoms with Crippen molar-refractivity contribution in [1.29, 1.82) is 0 Å². The number of rotatable bonds is 3. The van der Waals surface area contributed by atoms with E-state index in [2.05, 4.69) is 5.92 Å². The van der Waals surface area contributed by atoms with Gasteiger partial charge in [-0.3, -0.25) is 4.79 Å². The van der Waals surface area contributed by atoms with E-state index in [1.54, 1.807) is 24.3 Å². The third-order valence-electron chi connectivity index (χ3n) is 2.12. The maximum atomic E-state index is 10.7. The Bertz CT molecular complexity index is 392. The van der Waals surface area contributed by atoms with Crippen LogP contribution in [0.25, 0.3) is 0 Å². The van der Waals surface area contributed by atoms with E-state index in [4.69, 9.17) is 23.0 Å². The number of hydrogen-bond acceptors (Lipinski definition) is 3. The molecule has 0 unspecified atom stereocenters. The van der Waals surface area contributed by atoms with Crippen molar-refractivity contribution < 1.29 is 9.90 Å². The summed E-state index contributed by atoms with van der Waals surface area (Å²) in [5.41, 5.74) is 12.3. The zero-order valence-corrected chi connectivity index (χ0v) is 8.05. The first-order valence-electron chi connectivity index (χ1n) is 4.36. The van der Waals surface area contributed by atoms with Crippen molar-refractivity contribution in [3.05, 3.63) is 29.8 Å². The van der Waals surface area contributed by atoms with Crippen LogP contribution in [0.3, 0.4) is 0 Å². The molecular formula is C11H12N2O2. The third kappa shape index (κ3) is 2.48. The van der Waals surface area contributed by atoms with Crippen molar-refractivity contribution in [2.24, 2.45) is 5.73 Å². The van der Waals surface area contributed by atoms with E-state index >= 15 is 0 Å². The Hall–Kier alpha value is -1.99. The fourth-order valence-corrected chi connectivity index (χ4v) is 1.25. The van der Waals surface area contributed by atoms with Gasteiger partial charge in [0.05, 0.1) is 5.92 Å². The Morgan fingerprint density at radius 1 is 1.40 bits per heavy atom. The molecule has 0 heterocycles. The zero-order valence-electron chi connectivity index (χ0n) is 8.05. The lowest BCUT2D eigenvalue weighted by Gasteiger charge is -2.15. The number of terminal acetylenes is 1. The number of nitrogens with two attached hydrogens (primary N) is 2. The van der Waals surface area contributed by atoms with E-state index in [0.29, 0.717) is 11.3 Å². The van der Waals surface area contributed by atoms with Gasteiger partial charge in [0, 0.05) is 5.69 Å². The van der Waals surface area contributed by atoms with E-state index in [0.717, 1.165) is 0 Å². The molecule has 0 aliphatic rings. The Morgan fingerprint density at radius 3 is 2.33 bits per heavy atom. The van der Waals surface area contributed by atoms with Crippen LogP contribution in [0.2, 0.25) is 0 Å². The van der Waals surface area contributed by atoms with Crippen LogP contribution in [0.15, 0.2) is 24.3 Å². The van der Waals surface area contributed by atoms with Gasteiger partial charge in [-0.1, -0.05) is 18.1 Å². The summed E-state index contributed by atoms with van der Waals surface area (Å²) >= 11 is 0. The second kappa shape index (κ2) is 4.49. The van der Waals surface area contributed by atoms with Crippen LogP contribution < -0.4 is 11.5 Å². The molecule has 0 aliphatic carbocycles. The summed E-state index contributed by atoms with van der Waals surface area (Å²) in [6.45, 7) is 0. The normalized spacial score (nSPS) is 13.9. The first-order valence-corrected chi connectivity index (χ1v) is 4.36. The van der Waals surface area contributed by atoms with Crippen LogP contribution in [0, 0.1) is 12.3 Å². The molecule has 15 heavy (non-hydrogen) atoms. The number of benzene rings is 1. The Kier molecular flexibility index (Phi) is 3.32. The molecule has 0 radical (unpaired) electrons. The summed E-state index contributed by atoms with van der Waals surface area (Å²) in [4.78, 5) is 10.7. The molecular weight excluding hydrogens is 192 g/mol. The fourth-order valence-electron chi connectivity index (χ4n) is 1.25. The number of hydrogen-bond donors (Lipinski definition) is 3. The van der Waals surface area contributed by atoms with E-state index < -0.39 is 17.9 Å². The quantitative estimate of drug-likeness (QED) is 0.491. The molecule has 1 rings (SSSR count). The molecule has 0 bridgehead atoms. The van der Waals surface area contributed by atoms with Crippen molar-refractivity contribution >= 4 is 11.7 Å². The summed E-state index contributed by atoms with van der Waals surface area (Å²) in [5.74, 6) is 0.620. The van der Waals surface area contributed by atoms with Crippen LogP contribution in [0.5, 0.6) is 0 Å². The average molecular weight is 204 g/mol. The Labute approximate surface area is 87.9 Å². The summed E-state index contributed by atoms with van der Waals surface area (Å²) in [6, 6.07) is 5.59. The van der Waals surface area contributed by atoms with Gasteiger partial charge in [-0.15, -0.1) is 6.42 Å². The number of nitrogen functional groups attached to an aromatic ring is 1. The van der Waals surface area contributed by atoms with Gasteiger partial charge in [-0.25, -0.2) is 0 Å². The highest BCUT2D eigenvalue weighted by Gasteiger charge is 2.23. The van der Waals surface area contributed by atoms with Crippen molar-refractivity contribution in [2.45, 2.75) is 12.0 Å². The number of carboxylic acid groups (broad SMARTS) is 1. The lowest BCUT2D eigenvalue weighted by Crippen LogP contribution is -2.35. The molecule has 4 nitrogen and oxygen atoms in total. The van der Waals surface area contributed by atoms with Gasteiger partial charge in [0.2, 0.25) is 0 Å². The highest BCUT2D eigenvalue weighted by molar-refractivity contribution is 5.75. The molecule has 1 aromatic rings. The van der Waals surface area contributed by atoms with Gasteiger partial charge in [-0.05, 0) is 17.7 Å². The fraction of sp³-hybridized carbons (Fsp3) is 0.182. The smallest absolute Gasteiger partial charge is 0.322 e. The Morgan fingerprint density at radius 2 is 1.93 bits per heavy atom. The minimum Gasteiger partial charge on any atom is -0.480 e. The molecule has 0 aliphatic heterocycles. The standard InChI is InChI=1S/C11H12N2O2/c1-2-9(10(13)11(14)15)7-3-5-8(12)6-4-7/h1,3-6,9-10H,12-13H2,(H,14,15)/t9-,10+/m1/s1. The highest BCUT2D eigenvalue weighted by atomic mass is 16.4. The molecule has 4 heteroatoms. The second-order valence-corrected chi connectivity index (χ2v) is 3.18. The van der Waals surface area contributed by atoms with Gasteiger partial charge < -0.3 is 16.6 Å².